The van der Waals surface area contributed by atoms with Gasteiger partial charge >= 0.3 is 10.1 Å². The molecule has 0 unspecified atom stereocenters. The number of nitrogens with zero attached hydrogens (tertiary/aromatic N) is 1. The van der Waals surface area contributed by atoms with Gasteiger partial charge in [-0.2, -0.15) is 8.42 Å². The maximum absolute atomic E-state index is 12.9. The molecule has 1 aromatic heterocycles. The van der Waals surface area contributed by atoms with Crippen LogP contribution in [0.1, 0.15) is 0 Å². The van der Waals surface area contributed by atoms with Crippen LogP contribution in [0.5, 0.6) is 5.75 Å². The summed E-state index contributed by atoms with van der Waals surface area (Å²) in [6, 6.07) is 10.4. The van der Waals surface area contributed by atoms with Crippen molar-refractivity contribution in [2.75, 3.05) is 6.26 Å². The Kier molecular flexibility index (Phi) is 3.13. The van der Waals surface area contributed by atoms with Crippen LogP contribution in [0, 0.1) is 5.82 Å². The number of aromatic nitrogens is 1. The van der Waals surface area contributed by atoms with Gasteiger partial charge in [-0.05, 0) is 36.4 Å². The molecule has 0 saturated heterocycles. The summed E-state index contributed by atoms with van der Waals surface area (Å²) in [6.45, 7) is 0. The lowest BCUT2D eigenvalue weighted by atomic mass is 10.1. The van der Waals surface area contributed by atoms with Crippen LogP contribution in [0.3, 0.4) is 0 Å². The normalized spacial score (nSPS) is 11.7. The molecule has 0 aliphatic carbocycles. The second-order valence-electron chi connectivity index (χ2n) is 4.48. The van der Waals surface area contributed by atoms with Crippen LogP contribution in [0.4, 0.5) is 4.39 Å². The Balaban J connectivity index is 2.05. The number of hydrogen-bond donors (Lipinski definition) is 0. The molecule has 0 spiro atoms. The molecule has 0 fully saturated rings. The minimum Gasteiger partial charge on any atom is -0.382 e. The van der Waals surface area contributed by atoms with E-state index in [9.17, 15) is 12.8 Å². The molecule has 2 aromatic carbocycles. The molecule has 0 bridgehead atoms. The van der Waals surface area contributed by atoms with E-state index in [-0.39, 0.29) is 11.6 Å². The molecule has 5 nitrogen and oxygen atoms in total. The molecule has 0 atom stereocenters. The molecule has 3 aromatic rings. The third-order valence-corrected chi connectivity index (χ3v) is 3.30. The van der Waals surface area contributed by atoms with Crippen LogP contribution >= 0.6 is 0 Å². The van der Waals surface area contributed by atoms with Gasteiger partial charge in [0.15, 0.2) is 5.58 Å². The minimum absolute atomic E-state index is 0.145. The van der Waals surface area contributed by atoms with E-state index in [1.807, 2.05) is 0 Å². The smallest absolute Gasteiger partial charge is 0.306 e. The van der Waals surface area contributed by atoms with E-state index in [1.165, 1.54) is 24.3 Å². The molecule has 0 aliphatic heterocycles. The monoisotopic (exact) mass is 307 g/mol. The van der Waals surface area contributed by atoms with Crippen molar-refractivity contribution in [3.63, 3.8) is 0 Å². The first-order valence-electron chi connectivity index (χ1n) is 5.97. The van der Waals surface area contributed by atoms with Crippen molar-refractivity contribution in [2.45, 2.75) is 0 Å². The second kappa shape index (κ2) is 4.85. The van der Waals surface area contributed by atoms with Gasteiger partial charge in [0.2, 0.25) is 0 Å². The summed E-state index contributed by atoms with van der Waals surface area (Å²) >= 11 is 0. The van der Waals surface area contributed by atoms with Crippen LogP contribution in [-0.4, -0.2) is 19.8 Å². The predicted octanol–water partition coefficient (Wildman–Crippen LogP) is 2.97. The molecular formula is C14H10FNO4S. The molecule has 3 rings (SSSR count). The molecule has 0 amide bonds. The zero-order chi connectivity index (χ0) is 15.0. The third kappa shape index (κ3) is 2.87. The van der Waals surface area contributed by atoms with Crippen LogP contribution in [0.2, 0.25) is 0 Å². The van der Waals surface area contributed by atoms with Crippen molar-refractivity contribution in [1.82, 2.24) is 5.16 Å². The summed E-state index contributed by atoms with van der Waals surface area (Å²) in [4.78, 5) is 0. The number of fused-ring (bicyclic) bond motifs is 1. The second-order valence-corrected chi connectivity index (χ2v) is 6.06. The Labute approximate surface area is 120 Å². The van der Waals surface area contributed by atoms with E-state index in [0.717, 1.165) is 6.26 Å². The van der Waals surface area contributed by atoms with Crippen LogP contribution < -0.4 is 4.18 Å². The van der Waals surface area contributed by atoms with Crippen molar-refractivity contribution in [2.24, 2.45) is 0 Å². The number of benzene rings is 2. The molecular weight excluding hydrogens is 297 g/mol. The minimum atomic E-state index is -3.60. The lowest BCUT2D eigenvalue weighted by Gasteiger charge is -2.01. The Morgan fingerprint density at radius 3 is 2.52 bits per heavy atom. The first kappa shape index (κ1) is 13.6. The van der Waals surface area contributed by atoms with Crippen molar-refractivity contribution in [3.8, 4) is 17.0 Å². The summed E-state index contributed by atoms with van der Waals surface area (Å²) in [5.74, 6) is -0.192. The highest BCUT2D eigenvalue weighted by atomic mass is 32.2. The highest BCUT2D eigenvalue weighted by Gasteiger charge is 2.13. The fraction of sp³-hybridized carbons (Fsp3) is 0.0714. The number of rotatable bonds is 3. The summed E-state index contributed by atoms with van der Waals surface area (Å²) in [7, 11) is -3.60. The molecule has 108 valence electrons. The van der Waals surface area contributed by atoms with Gasteiger partial charge < -0.3 is 8.71 Å². The molecule has 0 N–H and O–H groups in total. The molecule has 0 aliphatic rings. The van der Waals surface area contributed by atoms with Crippen LogP contribution in [0.15, 0.2) is 47.0 Å². The van der Waals surface area contributed by atoms with Gasteiger partial charge in [0.25, 0.3) is 0 Å². The molecule has 0 radical (unpaired) electrons. The largest absolute Gasteiger partial charge is 0.382 e. The fourth-order valence-corrected chi connectivity index (χ4v) is 2.41. The van der Waals surface area contributed by atoms with E-state index in [4.69, 9.17) is 8.71 Å². The van der Waals surface area contributed by atoms with E-state index in [1.54, 1.807) is 18.2 Å². The standard InChI is InChI=1S/C14H10FNO4S/c1-21(17,18)20-11-6-7-12-13(8-11)19-16-14(12)9-2-4-10(15)5-3-9/h2-8H,1H3. The van der Waals surface area contributed by atoms with Crippen molar-refractivity contribution in [3.05, 3.63) is 48.3 Å². The zero-order valence-corrected chi connectivity index (χ0v) is 11.7. The van der Waals surface area contributed by atoms with Gasteiger partial charge in [0, 0.05) is 17.0 Å². The van der Waals surface area contributed by atoms with E-state index in [2.05, 4.69) is 5.16 Å². The van der Waals surface area contributed by atoms with Crippen LogP contribution in [0.25, 0.3) is 22.2 Å². The third-order valence-electron chi connectivity index (χ3n) is 2.81. The zero-order valence-electron chi connectivity index (χ0n) is 10.9. The lowest BCUT2D eigenvalue weighted by Crippen LogP contribution is -2.05. The first-order chi connectivity index (χ1) is 9.92. The van der Waals surface area contributed by atoms with Crippen molar-refractivity contribution in [1.29, 1.82) is 0 Å². The van der Waals surface area contributed by atoms with Gasteiger partial charge in [0.1, 0.15) is 17.3 Å². The molecule has 1 heterocycles. The summed E-state index contributed by atoms with van der Waals surface area (Å²) in [5, 5.41) is 4.61. The highest BCUT2D eigenvalue weighted by Crippen LogP contribution is 2.30. The lowest BCUT2D eigenvalue weighted by molar-refractivity contribution is 0.457. The first-order valence-corrected chi connectivity index (χ1v) is 7.79. The average Bonchev–Trinajstić information content (AvgIpc) is 2.81. The van der Waals surface area contributed by atoms with Gasteiger partial charge in [-0.1, -0.05) is 5.16 Å². The maximum atomic E-state index is 12.9. The Bertz CT molecular complexity index is 900. The highest BCUT2D eigenvalue weighted by molar-refractivity contribution is 7.86. The Morgan fingerprint density at radius 1 is 1.14 bits per heavy atom. The Hall–Kier alpha value is -2.41. The summed E-state index contributed by atoms with van der Waals surface area (Å²) < 4.78 is 45.1. The SMILES string of the molecule is CS(=O)(=O)Oc1ccc2c(-c3ccc(F)cc3)noc2c1. The van der Waals surface area contributed by atoms with Crippen molar-refractivity contribution < 1.29 is 21.5 Å². The number of hydrogen-bond acceptors (Lipinski definition) is 5. The molecule has 7 heteroatoms. The predicted molar refractivity (Wildman–Crippen MR) is 74.9 cm³/mol. The molecule has 0 saturated carbocycles. The van der Waals surface area contributed by atoms with Gasteiger partial charge in [-0.15, -0.1) is 0 Å². The fourth-order valence-electron chi connectivity index (χ4n) is 1.96. The van der Waals surface area contributed by atoms with Crippen LogP contribution in [-0.2, 0) is 10.1 Å². The van der Waals surface area contributed by atoms with Crippen molar-refractivity contribution >= 4 is 21.1 Å². The summed E-state index contributed by atoms with van der Waals surface area (Å²) in [5.41, 5.74) is 1.64. The quantitative estimate of drug-likeness (QED) is 0.696. The van der Waals surface area contributed by atoms with Gasteiger partial charge in [0.05, 0.1) is 6.26 Å². The van der Waals surface area contributed by atoms with Gasteiger partial charge in [-0.3, -0.25) is 0 Å². The van der Waals surface area contributed by atoms with E-state index in [0.29, 0.717) is 22.2 Å². The summed E-state index contributed by atoms with van der Waals surface area (Å²) in [6.07, 6.45) is 0.960. The van der Waals surface area contributed by atoms with Gasteiger partial charge in [-0.25, -0.2) is 4.39 Å². The Morgan fingerprint density at radius 2 is 1.86 bits per heavy atom. The maximum Gasteiger partial charge on any atom is 0.306 e. The number of halogens is 1. The topological polar surface area (TPSA) is 69.4 Å². The van der Waals surface area contributed by atoms with E-state index < -0.39 is 10.1 Å². The van der Waals surface area contributed by atoms with E-state index >= 15 is 0 Å². The average molecular weight is 307 g/mol. The molecule has 21 heavy (non-hydrogen) atoms.